The molecule has 7 nitrogen and oxygen atoms in total. The monoisotopic (exact) mass is 470 g/mol. The maximum atomic E-state index is 12.3. The summed E-state index contributed by atoms with van der Waals surface area (Å²) in [5.41, 5.74) is 2.37. The summed E-state index contributed by atoms with van der Waals surface area (Å²) in [5.74, 6) is 0.919. The fraction of sp³-hybridized carbons (Fsp3) is 0.227. The number of halogens is 1. The third-order valence-corrected chi connectivity index (χ3v) is 5.60. The summed E-state index contributed by atoms with van der Waals surface area (Å²) in [5, 5.41) is 0. The van der Waals surface area contributed by atoms with Crippen LogP contribution in [0.15, 0.2) is 51.6 Å². The van der Waals surface area contributed by atoms with Crippen LogP contribution >= 0.6 is 15.9 Å². The summed E-state index contributed by atoms with van der Waals surface area (Å²) < 4.78 is 16.7. The highest BCUT2D eigenvalue weighted by Crippen LogP contribution is 2.35. The number of anilines is 1. The molecule has 8 heteroatoms. The molecule has 0 spiro atoms. The lowest BCUT2D eigenvalue weighted by Crippen LogP contribution is -2.23. The van der Waals surface area contributed by atoms with E-state index in [0.29, 0.717) is 29.0 Å². The first kappa shape index (κ1) is 20.2. The second kappa shape index (κ2) is 8.31. The average molecular weight is 471 g/mol. The van der Waals surface area contributed by atoms with Gasteiger partial charge in [-0.05, 0) is 54.5 Å². The number of rotatable bonds is 5. The molecule has 4 rings (SSSR count). The second-order valence-electron chi connectivity index (χ2n) is 6.76. The van der Waals surface area contributed by atoms with Crippen molar-refractivity contribution in [2.75, 3.05) is 25.7 Å². The second-order valence-corrected chi connectivity index (χ2v) is 7.61. The number of carbonyl (C=O) groups is 2. The predicted octanol–water partition coefficient (Wildman–Crippen LogP) is 3.94. The number of methoxy groups -OCH3 is 2. The quantitative estimate of drug-likeness (QED) is 0.488. The number of hydrogen-bond acceptors (Lipinski definition) is 6. The molecule has 2 aromatic rings. The zero-order valence-electron chi connectivity index (χ0n) is 16.5. The van der Waals surface area contributed by atoms with Gasteiger partial charge in [0.2, 0.25) is 11.8 Å². The van der Waals surface area contributed by atoms with Gasteiger partial charge in [0.1, 0.15) is 0 Å². The molecule has 0 aliphatic carbocycles. The van der Waals surface area contributed by atoms with Crippen LogP contribution in [0.2, 0.25) is 0 Å². The smallest absolute Gasteiger partial charge is 0.363 e. The van der Waals surface area contributed by atoms with Gasteiger partial charge >= 0.3 is 5.97 Å². The lowest BCUT2D eigenvalue weighted by Gasteiger charge is -2.15. The zero-order chi connectivity index (χ0) is 21.3. The summed E-state index contributed by atoms with van der Waals surface area (Å²) in [4.78, 5) is 30.3. The zero-order valence-corrected chi connectivity index (χ0v) is 18.1. The fourth-order valence-corrected chi connectivity index (χ4v) is 3.80. The Morgan fingerprint density at radius 2 is 1.80 bits per heavy atom. The van der Waals surface area contributed by atoms with Gasteiger partial charge in [-0.15, -0.1) is 0 Å². The molecule has 1 fully saturated rings. The topological polar surface area (TPSA) is 77.4 Å². The third-order valence-electron chi connectivity index (χ3n) is 4.91. The molecule has 1 amide bonds. The van der Waals surface area contributed by atoms with Crippen LogP contribution in [0.3, 0.4) is 0 Å². The van der Waals surface area contributed by atoms with Crippen LogP contribution in [0.5, 0.6) is 11.5 Å². The molecule has 2 aromatic carbocycles. The SMILES string of the molecule is COc1cc(Br)c(/C=C2/N=C(c3ccc(N4CCCC4=O)cc3)OC2=O)cc1OC. The molecule has 0 unspecified atom stereocenters. The van der Waals surface area contributed by atoms with Gasteiger partial charge in [-0.2, -0.15) is 0 Å². The van der Waals surface area contributed by atoms with E-state index in [0.717, 1.165) is 23.1 Å². The number of esters is 1. The van der Waals surface area contributed by atoms with Crippen LogP contribution in [0.1, 0.15) is 24.0 Å². The van der Waals surface area contributed by atoms with E-state index in [1.165, 1.54) is 0 Å². The van der Waals surface area contributed by atoms with Crippen molar-refractivity contribution < 1.29 is 23.8 Å². The van der Waals surface area contributed by atoms with Crippen LogP contribution in [0.25, 0.3) is 6.08 Å². The van der Waals surface area contributed by atoms with Crippen LogP contribution in [0, 0.1) is 0 Å². The highest BCUT2D eigenvalue weighted by molar-refractivity contribution is 9.10. The summed E-state index contributed by atoms with van der Waals surface area (Å²) >= 11 is 3.47. The lowest BCUT2D eigenvalue weighted by atomic mass is 10.1. The Morgan fingerprint density at radius 3 is 2.43 bits per heavy atom. The fourth-order valence-electron chi connectivity index (χ4n) is 3.37. The molecule has 154 valence electrons. The van der Waals surface area contributed by atoms with E-state index in [1.807, 2.05) is 12.1 Å². The van der Waals surface area contributed by atoms with E-state index in [9.17, 15) is 9.59 Å². The Kier molecular flexibility index (Phi) is 5.59. The maximum absolute atomic E-state index is 12.3. The first-order valence-corrected chi connectivity index (χ1v) is 10.1. The van der Waals surface area contributed by atoms with Gasteiger partial charge in [0, 0.05) is 28.7 Å². The van der Waals surface area contributed by atoms with E-state index in [-0.39, 0.29) is 17.5 Å². The number of amides is 1. The number of ether oxygens (including phenoxy) is 3. The normalized spacial score (nSPS) is 17.4. The molecular formula is C22H19BrN2O5. The molecule has 30 heavy (non-hydrogen) atoms. The molecule has 0 atom stereocenters. The van der Waals surface area contributed by atoms with Crippen molar-refractivity contribution in [2.24, 2.45) is 4.99 Å². The molecule has 2 heterocycles. The van der Waals surface area contributed by atoms with Crippen LogP contribution in [-0.2, 0) is 14.3 Å². The summed E-state index contributed by atoms with van der Waals surface area (Å²) in [6.07, 6.45) is 3.06. The molecule has 0 radical (unpaired) electrons. The minimum absolute atomic E-state index is 0.123. The van der Waals surface area contributed by atoms with Gasteiger partial charge in [0.15, 0.2) is 17.2 Å². The molecule has 2 aliphatic rings. The van der Waals surface area contributed by atoms with Crippen molar-refractivity contribution >= 4 is 45.5 Å². The van der Waals surface area contributed by atoms with Crippen LogP contribution in [0.4, 0.5) is 5.69 Å². The van der Waals surface area contributed by atoms with Gasteiger partial charge in [0.25, 0.3) is 0 Å². The number of benzene rings is 2. The van der Waals surface area contributed by atoms with Gasteiger partial charge in [-0.25, -0.2) is 9.79 Å². The van der Waals surface area contributed by atoms with Gasteiger partial charge in [-0.3, -0.25) is 4.79 Å². The standard InChI is InChI=1S/C22H19BrN2O5/c1-28-18-11-14(16(23)12-19(18)29-2)10-17-22(27)30-21(24-17)13-5-7-15(8-6-13)25-9-3-4-20(25)26/h5-8,10-12H,3-4,9H2,1-2H3/b17-10+. The molecule has 2 aliphatic heterocycles. The van der Waals surface area contributed by atoms with E-state index < -0.39 is 5.97 Å². The van der Waals surface area contributed by atoms with Gasteiger partial charge < -0.3 is 19.1 Å². The minimum Gasteiger partial charge on any atom is -0.493 e. The van der Waals surface area contributed by atoms with Crippen molar-refractivity contribution in [3.05, 3.63) is 57.7 Å². The molecular weight excluding hydrogens is 452 g/mol. The van der Waals surface area contributed by atoms with E-state index in [1.54, 1.807) is 49.5 Å². The van der Waals surface area contributed by atoms with Crippen molar-refractivity contribution in [2.45, 2.75) is 12.8 Å². The number of nitrogens with zero attached hydrogens (tertiary/aromatic N) is 2. The number of cyclic esters (lactones) is 1. The Bertz CT molecular complexity index is 1080. The Morgan fingerprint density at radius 1 is 1.10 bits per heavy atom. The largest absolute Gasteiger partial charge is 0.493 e. The summed E-state index contributed by atoms with van der Waals surface area (Å²) in [7, 11) is 3.10. The maximum Gasteiger partial charge on any atom is 0.363 e. The van der Waals surface area contributed by atoms with Crippen LogP contribution in [-0.4, -0.2) is 38.5 Å². The van der Waals surface area contributed by atoms with Crippen molar-refractivity contribution in [1.82, 2.24) is 0 Å². The molecule has 1 saturated heterocycles. The van der Waals surface area contributed by atoms with Crippen molar-refractivity contribution in [3.63, 3.8) is 0 Å². The summed E-state index contributed by atoms with van der Waals surface area (Å²) in [6.45, 7) is 0.723. The number of hydrogen-bond donors (Lipinski definition) is 0. The van der Waals surface area contributed by atoms with Gasteiger partial charge in [0.05, 0.1) is 14.2 Å². The molecule has 0 saturated carbocycles. The van der Waals surface area contributed by atoms with E-state index >= 15 is 0 Å². The molecule has 0 bridgehead atoms. The predicted molar refractivity (Wildman–Crippen MR) is 116 cm³/mol. The first-order chi connectivity index (χ1) is 14.5. The highest BCUT2D eigenvalue weighted by atomic mass is 79.9. The number of carbonyl (C=O) groups excluding carboxylic acids is 2. The Balaban J connectivity index is 1.61. The summed E-state index contributed by atoms with van der Waals surface area (Å²) in [6, 6.07) is 10.8. The number of aliphatic imine (C=N–C) groups is 1. The third kappa shape index (κ3) is 3.82. The average Bonchev–Trinajstić information content (AvgIpc) is 3.34. The van der Waals surface area contributed by atoms with Gasteiger partial charge in [-0.1, -0.05) is 15.9 Å². The van der Waals surface area contributed by atoms with Crippen molar-refractivity contribution in [1.29, 1.82) is 0 Å². The van der Waals surface area contributed by atoms with Crippen molar-refractivity contribution in [3.8, 4) is 11.5 Å². The van der Waals surface area contributed by atoms with E-state index in [2.05, 4.69) is 20.9 Å². The molecule has 0 N–H and O–H groups in total. The highest BCUT2D eigenvalue weighted by Gasteiger charge is 2.26. The Labute approximate surface area is 182 Å². The van der Waals surface area contributed by atoms with E-state index in [4.69, 9.17) is 14.2 Å². The van der Waals surface area contributed by atoms with Crippen LogP contribution < -0.4 is 14.4 Å². The molecule has 0 aromatic heterocycles. The minimum atomic E-state index is -0.537. The first-order valence-electron chi connectivity index (χ1n) is 9.35. The Hall–Kier alpha value is -3.13. The lowest BCUT2D eigenvalue weighted by molar-refractivity contribution is -0.130.